The molecule has 1 unspecified atom stereocenters. The maximum absolute atomic E-state index is 13.0. The number of amides is 2. The summed E-state index contributed by atoms with van der Waals surface area (Å²) in [6, 6.07) is 9.19. The van der Waals surface area contributed by atoms with Gasteiger partial charge in [-0.05, 0) is 31.2 Å². The number of benzene rings is 1. The number of thioether (sulfide) groups is 1. The Hall–Kier alpha value is -2.83. The van der Waals surface area contributed by atoms with E-state index < -0.39 is 11.6 Å². The van der Waals surface area contributed by atoms with Crippen LogP contribution in [0.15, 0.2) is 30.5 Å². The van der Waals surface area contributed by atoms with Crippen molar-refractivity contribution in [3.8, 4) is 6.07 Å². The van der Waals surface area contributed by atoms with Gasteiger partial charge in [0.25, 0.3) is 5.91 Å². The molecule has 2 fully saturated rings. The smallest absolute Gasteiger partial charge is 0.252 e. The Morgan fingerprint density at radius 2 is 2.03 bits per heavy atom. The topological polar surface area (TPSA) is 110 Å². The quantitative estimate of drug-likeness (QED) is 0.710. The molecule has 1 aromatic heterocycles. The zero-order valence-electron chi connectivity index (χ0n) is 19.1. The van der Waals surface area contributed by atoms with Gasteiger partial charge in [0, 0.05) is 47.9 Å². The molecule has 2 aliphatic rings. The van der Waals surface area contributed by atoms with E-state index in [1.807, 2.05) is 25.1 Å². The molecule has 8 nitrogen and oxygen atoms in total. The number of rotatable bonds is 4. The number of aliphatic hydroxyl groups is 1. The van der Waals surface area contributed by atoms with E-state index >= 15 is 0 Å². The summed E-state index contributed by atoms with van der Waals surface area (Å²) in [7, 11) is 0. The lowest BCUT2D eigenvalue weighted by Gasteiger charge is -2.46. The first-order chi connectivity index (χ1) is 15.7. The number of aromatic nitrogens is 1. The second-order valence-corrected chi connectivity index (χ2v) is 10.2. The first-order valence-electron chi connectivity index (χ1n) is 11.1. The van der Waals surface area contributed by atoms with Crippen molar-refractivity contribution in [3.63, 3.8) is 0 Å². The lowest BCUT2D eigenvalue weighted by Crippen LogP contribution is -2.54. The summed E-state index contributed by atoms with van der Waals surface area (Å²) >= 11 is 1.53. The SMILES string of the molecule is C[C@@H]1CN(c2ccc3nccc(C(=O)NCC(=O)N4CSC[C@H]4C#N)c3c2)C[C@H](C)C1(C)O. The van der Waals surface area contributed by atoms with E-state index in [4.69, 9.17) is 0 Å². The van der Waals surface area contributed by atoms with Crippen molar-refractivity contribution in [1.82, 2.24) is 15.2 Å². The molecule has 2 aliphatic heterocycles. The monoisotopic (exact) mass is 467 g/mol. The van der Waals surface area contributed by atoms with Crippen molar-refractivity contribution in [2.75, 3.05) is 36.2 Å². The number of anilines is 1. The van der Waals surface area contributed by atoms with Crippen LogP contribution in [0.1, 0.15) is 31.1 Å². The van der Waals surface area contributed by atoms with Crippen LogP contribution in [0.2, 0.25) is 0 Å². The molecule has 2 saturated heterocycles. The maximum Gasteiger partial charge on any atom is 0.252 e. The van der Waals surface area contributed by atoms with Gasteiger partial charge in [0.15, 0.2) is 0 Å². The molecule has 3 heterocycles. The maximum atomic E-state index is 13.0. The summed E-state index contributed by atoms with van der Waals surface area (Å²) in [6.45, 7) is 7.28. The molecule has 0 spiro atoms. The fourth-order valence-electron chi connectivity index (χ4n) is 4.48. The molecule has 2 aromatic rings. The number of nitrogens with one attached hydrogen (secondary N) is 1. The molecule has 33 heavy (non-hydrogen) atoms. The minimum Gasteiger partial charge on any atom is -0.389 e. The zero-order valence-corrected chi connectivity index (χ0v) is 19.9. The lowest BCUT2D eigenvalue weighted by molar-refractivity contribution is -0.129. The van der Waals surface area contributed by atoms with Crippen molar-refractivity contribution in [2.45, 2.75) is 32.4 Å². The normalized spacial score (nSPS) is 27.4. The van der Waals surface area contributed by atoms with E-state index in [1.165, 1.54) is 16.7 Å². The number of hydrogen-bond acceptors (Lipinski definition) is 7. The van der Waals surface area contributed by atoms with E-state index in [2.05, 4.69) is 35.1 Å². The van der Waals surface area contributed by atoms with Gasteiger partial charge in [0.2, 0.25) is 5.91 Å². The van der Waals surface area contributed by atoms with Gasteiger partial charge in [-0.3, -0.25) is 14.6 Å². The number of piperidine rings is 1. The van der Waals surface area contributed by atoms with E-state index in [0.717, 1.165) is 5.69 Å². The Balaban J connectivity index is 1.53. The van der Waals surface area contributed by atoms with E-state index in [9.17, 15) is 20.0 Å². The largest absolute Gasteiger partial charge is 0.389 e. The highest BCUT2D eigenvalue weighted by Crippen LogP contribution is 2.35. The van der Waals surface area contributed by atoms with Crippen molar-refractivity contribution in [3.05, 3.63) is 36.0 Å². The van der Waals surface area contributed by atoms with E-state index in [0.29, 0.717) is 41.2 Å². The third-order valence-corrected chi connectivity index (χ3v) is 8.08. The molecule has 0 saturated carbocycles. The van der Waals surface area contributed by atoms with Crippen LogP contribution in [0.5, 0.6) is 0 Å². The highest BCUT2D eigenvalue weighted by atomic mass is 32.2. The fourth-order valence-corrected chi connectivity index (χ4v) is 5.58. The van der Waals surface area contributed by atoms with Crippen LogP contribution in [0.4, 0.5) is 5.69 Å². The average Bonchev–Trinajstić information content (AvgIpc) is 3.29. The molecule has 0 bridgehead atoms. The Morgan fingerprint density at radius 1 is 1.30 bits per heavy atom. The van der Waals surface area contributed by atoms with Crippen molar-refractivity contribution >= 4 is 40.2 Å². The van der Waals surface area contributed by atoms with Gasteiger partial charge in [-0.25, -0.2) is 0 Å². The molecule has 4 rings (SSSR count). The Labute approximate surface area is 197 Å². The third kappa shape index (κ3) is 4.50. The van der Waals surface area contributed by atoms with Crippen molar-refractivity contribution in [2.24, 2.45) is 11.8 Å². The van der Waals surface area contributed by atoms with Crippen LogP contribution in [-0.2, 0) is 4.79 Å². The first kappa shape index (κ1) is 23.3. The second kappa shape index (κ2) is 9.20. The van der Waals surface area contributed by atoms with Gasteiger partial charge in [-0.2, -0.15) is 5.26 Å². The summed E-state index contributed by atoms with van der Waals surface area (Å²) in [5, 5.41) is 23.3. The molecule has 4 atom stereocenters. The minimum absolute atomic E-state index is 0.0978. The predicted octanol–water partition coefficient (Wildman–Crippen LogP) is 2.23. The van der Waals surface area contributed by atoms with Crippen molar-refractivity contribution < 1.29 is 14.7 Å². The van der Waals surface area contributed by atoms with Gasteiger partial charge in [-0.15, -0.1) is 11.8 Å². The molecular weight excluding hydrogens is 438 g/mol. The lowest BCUT2D eigenvalue weighted by atomic mass is 9.76. The van der Waals surface area contributed by atoms with Crippen LogP contribution < -0.4 is 10.2 Å². The first-order valence-corrected chi connectivity index (χ1v) is 12.3. The number of pyridine rings is 1. The van der Waals surface area contributed by atoms with Gasteiger partial charge < -0.3 is 20.2 Å². The molecule has 0 aliphatic carbocycles. The standard InChI is InChI=1S/C24H29N5O3S/c1-15-11-28(12-16(2)24(15,3)32)17-4-5-21-20(8-17)19(6-7-26-21)23(31)27-10-22(30)29-14-33-13-18(29)9-25/h4-8,15-16,18,32H,10-14H2,1-3H3,(H,27,31)/t15-,16+,18-,24?/m1/s1. The van der Waals surface area contributed by atoms with Crippen molar-refractivity contribution in [1.29, 1.82) is 5.26 Å². The average molecular weight is 468 g/mol. The Bertz CT molecular complexity index is 1100. The fraction of sp³-hybridized carbons (Fsp3) is 0.500. The summed E-state index contributed by atoms with van der Waals surface area (Å²) in [5.74, 6) is 0.644. The number of nitrogens with zero attached hydrogens (tertiary/aromatic N) is 4. The van der Waals surface area contributed by atoms with Gasteiger partial charge in [0.05, 0.1) is 35.2 Å². The molecule has 2 N–H and O–H groups in total. The Kier molecular flexibility index (Phi) is 6.50. The van der Waals surface area contributed by atoms with Crippen LogP contribution in [0.3, 0.4) is 0 Å². The van der Waals surface area contributed by atoms with Crippen LogP contribution >= 0.6 is 11.8 Å². The molecular formula is C24H29N5O3S. The van der Waals surface area contributed by atoms with Gasteiger partial charge in [0.1, 0.15) is 6.04 Å². The zero-order chi connectivity index (χ0) is 23.8. The molecule has 2 amide bonds. The van der Waals surface area contributed by atoms with Gasteiger partial charge in [-0.1, -0.05) is 13.8 Å². The highest BCUT2D eigenvalue weighted by Gasteiger charge is 2.40. The second-order valence-electron chi connectivity index (χ2n) is 9.18. The summed E-state index contributed by atoms with van der Waals surface area (Å²) in [4.78, 5) is 33.6. The number of nitriles is 1. The number of carbonyl (C=O) groups is 2. The van der Waals surface area contributed by atoms with Crippen LogP contribution in [0, 0.1) is 23.2 Å². The molecule has 9 heteroatoms. The highest BCUT2D eigenvalue weighted by molar-refractivity contribution is 7.99. The number of hydrogen-bond donors (Lipinski definition) is 2. The predicted molar refractivity (Wildman–Crippen MR) is 129 cm³/mol. The molecule has 174 valence electrons. The van der Waals surface area contributed by atoms with E-state index in [-0.39, 0.29) is 30.2 Å². The van der Waals surface area contributed by atoms with Crippen LogP contribution in [-0.4, -0.2) is 69.7 Å². The molecule has 0 radical (unpaired) electrons. The number of carbonyl (C=O) groups excluding carboxylic acids is 2. The van der Waals surface area contributed by atoms with Crippen LogP contribution in [0.25, 0.3) is 10.9 Å². The summed E-state index contributed by atoms with van der Waals surface area (Å²) < 4.78 is 0. The molecule has 1 aromatic carbocycles. The Morgan fingerprint density at radius 3 is 2.73 bits per heavy atom. The third-order valence-electron chi connectivity index (χ3n) is 7.07. The minimum atomic E-state index is -0.717. The van der Waals surface area contributed by atoms with Gasteiger partial charge >= 0.3 is 0 Å². The number of fused-ring (bicyclic) bond motifs is 1. The summed E-state index contributed by atoms with van der Waals surface area (Å²) in [5.41, 5.74) is 1.40. The van der Waals surface area contributed by atoms with E-state index in [1.54, 1.807) is 12.3 Å². The summed E-state index contributed by atoms with van der Waals surface area (Å²) in [6.07, 6.45) is 1.59.